The summed E-state index contributed by atoms with van der Waals surface area (Å²) >= 11 is 5.49. The summed E-state index contributed by atoms with van der Waals surface area (Å²) in [4.78, 5) is 11.9. The first-order valence-corrected chi connectivity index (χ1v) is 9.27. The molecule has 0 radical (unpaired) electrons. The number of carbonyl (C=O) groups excluding carboxylic acids is 1. The smallest absolute Gasteiger partial charge is 0.338 e. The summed E-state index contributed by atoms with van der Waals surface area (Å²) in [6, 6.07) is 14.0. The van der Waals surface area contributed by atoms with Crippen LogP contribution in [0.15, 0.2) is 42.5 Å². The third-order valence-electron chi connectivity index (χ3n) is 4.19. The van der Waals surface area contributed by atoms with Crippen LogP contribution < -0.4 is 10.6 Å². The molecule has 0 aliphatic rings. The summed E-state index contributed by atoms with van der Waals surface area (Å²) in [5.74, 6) is -0.333. The zero-order chi connectivity index (χ0) is 19.1. The zero-order valence-electron chi connectivity index (χ0n) is 15.8. The highest BCUT2D eigenvalue weighted by Crippen LogP contribution is 2.20. The van der Waals surface area contributed by atoms with Crippen LogP contribution in [0.2, 0.25) is 0 Å². The van der Waals surface area contributed by atoms with E-state index in [1.807, 2.05) is 13.0 Å². The molecule has 0 saturated carbocycles. The van der Waals surface area contributed by atoms with Crippen LogP contribution in [0.4, 0.5) is 5.69 Å². The molecule has 5 heteroatoms. The molecule has 1 atom stereocenters. The second-order valence-corrected chi connectivity index (χ2v) is 6.63. The molecular formula is C21H26N2O2S. The Morgan fingerprint density at radius 2 is 1.81 bits per heavy atom. The first-order chi connectivity index (χ1) is 12.4. The maximum Gasteiger partial charge on any atom is 0.338 e. The summed E-state index contributed by atoms with van der Waals surface area (Å²) in [5.41, 5.74) is 4.74. The Balaban J connectivity index is 2.09. The molecule has 0 aliphatic heterocycles. The maximum atomic E-state index is 11.9. The largest absolute Gasteiger partial charge is 0.462 e. The average Bonchev–Trinajstić information content (AvgIpc) is 2.62. The van der Waals surface area contributed by atoms with E-state index in [4.69, 9.17) is 17.0 Å². The molecule has 0 aliphatic carbocycles. The Kier molecular flexibility index (Phi) is 7.16. The van der Waals surface area contributed by atoms with Crippen molar-refractivity contribution < 1.29 is 9.53 Å². The van der Waals surface area contributed by atoms with E-state index in [0.29, 0.717) is 17.3 Å². The van der Waals surface area contributed by atoms with Gasteiger partial charge in [0.25, 0.3) is 0 Å². The fourth-order valence-corrected chi connectivity index (χ4v) is 2.89. The molecule has 0 heterocycles. The Morgan fingerprint density at radius 3 is 2.42 bits per heavy atom. The SMILES string of the molecule is CCOC(=O)c1ccc(C)c(NC(=S)NC(CC)c2ccc(C)cc2)c1. The second kappa shape index (κ2) is 9.34. The van der Waals surface area contributed by atoms with Crippen LogP contribution in [0.3, 0.4) is 0 Å². The van der Waals surface area contributed by atoms with Crippen LogP contribution >= 0.6 is 12.2 Å². The Hall–Kier alpha value is -2.40. The van der Waals surface area contributed by atoms with Gasteiger partial charge in [0, 0.05) is 5.69 Å². The van der Waals surface area contributed by atoms with Crippen molar-refractivity contribution in [3.63, 3.8) is 0 Å². The molecule has 138 valence electrons. The summed E-state index contributed by atoms with van der Waals surface area (Å²) in [5, 5.41) is 7.09. The first kappa shape index (κ1) is 19.9. The molecule has 26 heavy (non-hydrogen) atoms. The number of hydrogen-bond acceptors (Lipinski definition) is 3. The van der Waals surface area contributed by atoms with E-state index >= 15 is 0 Å². The molecule has 2 rings (SSSR count). The molecule has 0 fully saturated rings. The van der Waals surface area contributed by atoms with Crippen molar-refractivity contribution in [2.75, 3.05) is 11.9 Å². The highest BCUT2D eigenvalue weighted by Gasteiger charge is 2.13. The van der Waals surface area contributed by atoms with Crippen LogP contribution in [-0.2, 0) is 4.74 Å². The summed E-state index contributed by atoms with van der Waals surface area (Å²) in [7, 11) is 0. The van der Waals surface area contributed by atoms with E-state index in [2.05, 4.69) is 48.7 Å². The molecule has 0 spiro atoms. The van der Waals surface area contributed by atoms with E-state index < -0.39 is 0 Å². The van der Waals surface area contributed by atoms with E-state index in [-0.39, 0.29) is 12.0 Å². The number of anilines is 1. The lowest BCUT2D eigenvalue weighted by molar-refractivity contribution is 0.0526. The molecule has 4 nitrogen and oxygen atoms in total. The lowest BCUT2D eigenvalue weighted by Gasteiger charge is -2.21. The number of esters is 1. The Labute approximate surface area is 161 Å². The first-order valence-electron chi connectivity index (χ1n) is 8.86. The predicted molar refractivity (Wildman–Crippen MR) is 111 cm³/mol. The fourth-order valence-electron chi connectivity index (χ4n) is 2.63. The van der Waals surface area contributed by atoms with Gasteiger partial charge in [0.1, 0.15) is 0 Å². The van der Waals surface area contributed by atoms with E-state index in [1.165, 1.54) is 11.1 Å². The van der Waals surface area contributed by atoms with E-state index in [0.717, 1.165) is 17.7 Å². The minimum absolute atomic E-state index is 0.129. The van der Waals surface area contributed by atoms with Gasteiger partial charge in [-0.05, 0) is 62.7 Å². The normalized spacial score (nSPS) is 11.5. The Morgan fingerprint density at radius 1 is 1.12 bits per heavy atom. The lowest BCUT2D eigenvalue weighted by Crippen LogP contribution is -2.32. The number of thiocarbonyl (C=S) groups is 1. The number of aryl methyl sites for hydroxylation is 2. The van der Waals surface area contributed by atoms with Crippen molar-refractivity contribution in [2.45, 2.75) is 40.2 Å². The van der Waals surface area contributed by atoms with Gasteiger partial charge >= 0.3 is 5.97 Å². The van der Waals surface area contributed by atoms with Gasteiger partial charge in [-0.3, -0.25) is 0 Å². The van der Waals surface area contributed by atoms with Crippen LogP contribution in [0.25, 0.3) is 0 Å². The molecule has 1 unspecified atom stereocenters. The quantitative estimate of drug-likeness (QED) is 0.558. The standard InChI is InChI=1S/C21H26N2O2S/c1-5-18(16-10-7-14(3)8-11-16)22-21(26)23-19-13-17(12-9-15(19)4)20(24)25-6-2/h7-13,18H,5-6H2,1-4H3,(H2,22,23,26). The van der Waals surface area contributed by atoms with Crippen molar-refractivity contribution in [2.24, 2.45) is 0 Å². The van der Waals surface area contributed by atoms with Gasteiger partial charge in [0.05, 0.1) is 18.2 Å². The van der Waals surface area contributed by atoms with E-state index in [1.54, 1.807) is 19.1 Å². The third kappa shape index (κ3) is 5.30. The van der Waals surface area contributed by atoms with E-state index in [9.17, 15) is 4.79 Å². The minimum atomic E-state index is -0.333. The van der Waals surface area contributed by atoms with Gasteiger partial charge in [-0.15, -0.1) is 0 Å². The topological polar surface area (TPSA) is 50.4 Å². The molecule has 2 aromatic rings. The zero-order valence-corrected chi connectivity index (χ0v) is 16.6. The monoisotopic (exact) mass is 370 g/mol. The summed E-state index contributed by atoms with van der Waals surface area (Å²) in [6.07, 6.45) is 0.909. The van der Waals surface area contributed by atoms with Crippen LogP contribution in [0, 0.1) is 13.8 Å². The number of carbonyl (C=O) groups is 1. The highest BCUT2D eigenvalue weighted by atomic mass is 32.1. The average molecular weight is 371 g/mol. The molecule has 0 bridgehead atoms. The summed E-state index contributed by atoms with van der Waals surface area (Å²) in [6.45, 7) is 8.30. The predicted octanol–water partition coefficient (Wildman–Crippen LogP) is 4.92. The van der Waals surface area contributed by atoms with Crippen molar-refractivity contribution in [1.29, 1.82) is 0 Å². The molecular weight excluding hydrogens is 344 g/mol. The number of ether oxygens (including phenoxy) is 1. The van der Waals surface area contributed by atoms with Crippen LogP contribution in [-0.4, -0.2) is 17.7 Å². The van der Waals surface area contributed by atoms with Gasteiger partial charge in [0.2, 0.25) is 0 Å². The number of hydrogen-bond donors (Lipinski definition) is 2. The van der Waals surface area contributed by atoms with Crippen LogP contribution in [0.5, 0.6) is 0 Å². The minimum Gasteiger partial charge on any atom is -0.462 e. The van der Waals surface area contributed by atoms with Gasteiger partial charge < -0.3 is 15.4 Å². The number of rotatable bonds is 6. The van der Waals surface area contributed by atoms with Gasteiger partial charge in [-0.2, -0.15) is 0 Å². The summed E-state index contributed by atoms with van der Waals surface area (Å²) < 4.78 is 5.06. The molecule has 2 N–H and O–H groups in total. The van der Waals surface area contributed by atoms with Gasteiger partial charge in [0.15, 0.2) is 5.11 Å². The van der Waals surface area contributed by atoms with Gasteiger partial charge in [-0.25, -0.2) is 4.79 Å². The van der Waals surface area contributed by atoms with Crippen molar-refractivity contribution in [1.82, 2.24) is 5.32 Å². The van der Waals surface area contributed by atoms with Crippen molar-refractivity contribution in [3.8, 4) is 0 Å². The maximum absolute atomic E-state index is 11.9. The number of nitrogens with one attached hydrogen (secondary N) is 2. The molecule has 0 aromatic heterocycles. The highest BCUT2D eigenvalue weighted by molar-refractivity contribution is 7.80. The van der Waals surface area contributed by atoms with Gasteiger partial charge in [-0.1, -0.05) is 42.8 Å². The lowest BCUT2D eigenvalue weighted by atomic mass is 10.0. The fraction of sp³-hybridized carbons (Fsp3) is 0.333. The van der Waals surface area contributed by atoms with Crippen molar-refractivity contribution in [3.05, 3.63) is 64.7 Å². The second-order valence-electron chi connectivity index (χ2n) is 6.22. The number of benzene rings is 2. The Bertz CT molecular complexity index is 772. The van der Waals surface area contributed by atoms with Crippen LogP contribution in [0.1, 0.15) is 53.4 Å². The molecule has 0 amide bonds. The molecule has 0 saturated heterocycles. The van der Waals surface area contributed by atoms with Crippen molar-refractivity contribution >= 4 is 29.0 Å². The third-order valence-corrected chi connectivity index (χ3v) is 4.41. The molecule has 2 aromatic carbocycles.